The average molecular weight is 344 g/mol. The first kappa shape index (κ1) is 18.6. The molecule has 1 unspecified atom stereocenters. The zero-order valence-electron chi connectivity index (χ0n) is 13.9. The first-order valence-electron chi connectivity index (χ1n) is 8.06. The summed E-state index contributed by atoms with van der Waals surface area (Å²) in [4.78, 5) is 13.5. The van der Waals surface area contributed by atoms with Crippen molar-refractivity contribution in [3.8, 4) is 5.75 Å². The molecule has 7 heteroatoms. The van der Waals surface area contributed by atoms with Gasteiger partial charge in [0.25, 0.3) is 0 Å². The SMILES string of the molecule is CC(C)Oc1ccccc1CNC(=O)C1CCN(CC(F)(F)F)C1. The van der Waals surface area contributed by atoms with E-state index < -0.39 is 18.6 Å². The molecule has 1 N–H and O–H groups in total. The summed E-state index contributed by atoms with van der Waals surface area (Å²) in [5.74, 6) is 0.0995. The number of carbonyl (C=O) groups is 1. The van der Waals surface area contributed by atoms with Gasteiger partial charge >= 0.3 is 6.18 Å². The molecule has 1 saturated heterocycles. The summed E-state index contributed by atoms with van der Waals surface area (Å²) in [5, 5.41) is 2.81. The molecule has 24 heavy (non-hydrogen) atoms. The first-order valence-corrected chi connectivity index (χ1v) is 8.06. The van der Waals surface area contributed by atoms with Crippen molar-refractivity contribution in [2.45, 2.75) is 39.1 Å². The largest absolute Gasteiger partial charge is 0.491 e. The Hall–Kier alpha value is -1.76. The van der Waals surface area contributed by atoms with Gasteiger partial charge in [-0.15, -0.1) is 0 Å². The number of alkyl halides is 3. The fourth-order valence-electron chi connectivity index (χ4n) is 2.79. The highest BCUT2D eigenvalue weighted by Crippen LogP contribution is 2.23. The maximum Gasteiger partial charge on any atom is 0.401 e. The van der Waals surface area contributed by atoms with Crippen molar-refractivity contribution < 1.29 is 22.7 Å². The van der Waals surface area contributed by atoms with Crippen LogP contribution in [0.5, 0.6) is 5.75 Å². The molecule has 0 saturated carbocycles. The second kappa shape index (κ2) is 7.88. The van der Waals surface area contributed by atoms with Crippen molar-refractivity contribution >= 4 is 5.91 Å². The molecule has 2 rings (SSSR count). The topological polar surface area (TPSA) is 41.6 Å². The third-order valence-corrected chi connectivity index (χ3v) is 3.83. The van der Waals surface area contributed by atoms with Gasteiger partial charge < -0.3 is 10.1 Å². The predicted octanol–water partition coefficient (Wildman–Crippen LogP) is 2.97. The predicted molar refractivity (Wildman–Crippen MR) is 84.7 cm³/mol. The Balaban J connectivity index is 1.86. The number of likely N-dealkylation sites (tertiary alicyclic amines) is 1. The van der Waals surface area contributed by atoms with Crippen molar-refractivity contribution in [2.75, 3.05) is 19.6 Å². The molecule has 0 aromatic heterocycles. The summed E-state index contributed by atoms with van der Waals surface area (Å²) in [7, 11) is 0. The van der Waals surface area contributed by atoms with E-state index in [1.54, 1.807) is 0 Å². The molecule has 0 bridgehead atoms. The third kappa shape index (κ3) is 5.70. The molecule has 1 atom stereocenters. The number of para-hydroxylation sites is 1. The number of hydrogen-bond donors (Lipinski definition) is 1. The molecule has 1 aromatic carbocycles. The molecule has 4 nitrogen and oxygen atoms in total. The van der Waals surface area contributed by atoms with Crippen LogP contribution in [-0.4, -0.2) is 42.7 Å². The molecule has 0 spiro atoms. The molecule has 1 heterocycles. The number of carbonyl (C=O) groups excluding carboxylic acids is 1. The van der Waals surface area contributed by atoms with Crippen molar-refractivity contribution in [1.29, 1.82) is 0 Å². The van der Waals surface area contributed by atoms with Crippen LogP contribution in [0.3, 0.4) is 0 Å². The van der Waals surface area contributed by atoms with Gasteiger partial charge in [0, 0.05) is 18.7 Å². The summed E-state index contributed by atoms with van der Waals surface area (Å²) >= 11 is 0. The van der Waals surface area contributed by atoms with E-state index in [9.17, 15) is 18.0 Å². The molecule has 0 aliphatic carbocycles. The van der Waals surface area contributed by atoms with Gasteiger partial charge in [0.15, 0.2) is 0 Å². The minimum Gasteiger partial charge on any atom is -0.491 e. The molecule has 1 aromatic rings. The quantitative estimate of drug-likeness (QED) is 0.863. The highest BCUT2D eigenvalue weighted by atomic mass is 19.4. The van der Waals surface area contributed by atoms with Crippen LogP contribution in [0.4, 0.5) is 13.2 Å². The van der Waals surface area contributed by atoms with Gasteiger partial charge in [-0.05, 0) is 32.9 Å². The van der Waals surface area contributed by atoms with Gasteiger partial charge in [-0.1, -0.05) is 18.2 Å². The molecule has 1 aliphatic rings. The normalized spacial score (nSPS) is 18.8. The van der Waals surface area contributed by atoms with E-state index in [1.165, 1.54) is 4.90 Å². The fraction of sp³-hybridized carbons (Fsp3) is 0.588. The van der Waals surface area contributed by atoms with Gasteiger partial charge in [-0.2, -0.15) is 13.2 Å². The standard InChI is InChI=1S/C17H23F3N2O2/c1-12(2)24-15-6-4-3-5-13(15)9-21-16(23)14-7-8-22(10-14)11-17(18,19)20/h3-6,12,14H,7-11H2,1-2H3,(H,21,23). The fourth-order valence-corrected chi connectivity index (χ4v) is 2.79. The Labute approximate surface area is 140 Å². The van der Waals surface area contributed by atoms with Crippen molar-refractivity contribution in [3.63, 3.8) is 0 Å². The smallest absolute Gasteiger partial charge is 0.401 e. The van der Waals surface area contributed by atoms with E-state index >= 15 is 0 Å². The lowest BCUT2D eigenvalue weighted by Gasteiger charge is -2.18. The average Bonchev–Trinajstić information content (AvgIpc) is 2.92. The lowest BCUT2D eigenvalue weighted by molar-refractivity contribution is -0.144. The third-order valence-electron chi connectivity index (χ3n) is 3.83. The molecular formula is C17H23F3N2O2. The second-order valence-corrected chi connectivity index (χ2v) is 6.33. The maximum atomic E-state index is 12.4. The summed E-state index contributed by atoms with van der Waals surface area (Å²) < 4.78 is 42.9. The highest BCUT2D eigenvalue weighted by Gasteiger charge is 2.36. The van der Waals surface area contributed by atoms with E-state index in [2.05, 4.69) is 5.32 Å². The number of benzene rings is 1. The van der Waals surface area contributed by atoms with Crippen LogP contribution in [0.25, 0.3) is 0 Å². The van der Waals surface area contributed by atoms with Gasteiger partial charge in [-0.25, -0.2) is 0 Å². The maximum absolute atomic E-state index is 12.4. The van der Waals surface area contributed by atoms with Gasteiger partial charge in [0.2, 0.25) is 5.91 Å². The lowest BCUT2D eigenvalue weighted by Crippen LogP contribution is -2.35. The van der Waals surface area contributed by atoms with E-state index in [1.807, 2.05) is 38.1 Å². The van der Waals surface area contributed by atoms with Gasteiger partial charge in [0.1, 0.15) is 5.75 Å². The first-order chi connectivity index (χ1) is 11.2. The van der Waals surface area contributed by atoms with Crippen molar-refractivity contribution in [3.05, 3.63) is 29.8 Å². The zero-order chi connectivity index (χ0) is 17.7. The summed E-state index contributed by atoms with van der Waals surface area (Å²) in [6.07, 6.45) is -3.75. The molecule has 134 valence electrons. The summed E-state index contributed by atoms with van der Waals surface area (Å²) in [6.45, 7) is 3.63. The molecule has 1 fully saturated rings. The Morgan fingerprint density at radius 1 is 1.38 bits per heavy atom. The number of nitrogens with zero attached hydrogens (tertiary/aromatic N) is 1. The van der Waals surface area contributed by atoms with Crippen LogP contribution in [0.2, 0.25) is 0 Å². The number of rotatable bonds is 6. The number of amides is 1. The Kier molecular flexibility index (Phi) is 6.10. The van der Waals surface area contributed by atoms with E-state index in [0.29, 0.717) is 25.3 Å². The van der Waals surface area contributed by atoms with E-state index in [0.717, 1.165) is 5.56 Å². The van der Waals surface area contributed by atoms with Crippen LogP contribution in [0.1, 0.15) is 25.8 Å². The molecule has 0 radical (unpaired) electrons. The summed E-state index contributed by atoms with van der Waals surface area (Å²) in [6, 6.07) is 7.41. The highest BCUT2D eigenvalue weighted by molar-refractivity contribution is 5.79. The van der Waals surface area contributed by atoms with Crippen molar-refractivity contribution in [1.82, 2.24) is 10.2 Å². The molecule has 1 aliphatic heterocycles. The number of hydrogen-bond acceptors (Lipinski definition) is 3. The Morgan fingerprint density at radius 2 is 2.08 bits per heavy atom. The van der Waals surface area contributed by atoms with Crippen LogP contribution >= 0.6 is 0 Å². The van der Waals surface area contributed by atoms with Crippen LogP contribution in [0.15, 0.2) is 24.3 Å². The second-order valence-electron chi connectivity index (χ2n) is 6.33. The summed E-state index contributed by atoms with van der Waals surface area (Å²) in [5.41, 5.74) is 0.852. The molecule has 1 amide bonds. The lowest BCUT2D eigenvalue weighted by atomic mass is 10.1. The van der Waals surface area contributed by atoms with Crippen LogP contribution < -0.4 is 10.1 Å². The minimum atomic E-state index is -4.22. The zero-order valence-corrected chi connectivity index (χ0v) is 13.9. The molecular weight excluding hydrogens is 321 g/mol. The number of halogens is 3. The van der Waals surface area contributed by atoms with Crippen molar-refractivity contribution in [2.24, 2.45) is 5.92 Å². The Morgan fingerprint density at radius 3 is 2.75 bits per heavy atom. The van der Waals surface area contributed by atoms with Crippen LogP contribution in [-0.2, 0) is 11.3 Å². The minimum absolute atomic E-state index is 0.0209. The van der Waals surface area contributed by atoms with Gasteiger partial charge in [0.05, 0.1) is 18.6 Å². The van der Waals surface area contributed by atoms with Crippen LogP contribution in [0, 0.1) is 5.92 Å². The number of ether oxygens (including phenoxy) is 1. The van der Waals surface area contributed by atoms with E-state index in [-0.39, 0.29) is 18.6 Å². The Bertz CT molecular complexity index is 561. The van der Waals surface area contributed by atoms with E-state index in [4.69, 9.17) is 4.74 Å². The number of nitrogens with one attached hydrogen (secondary N) is 1. The monoisotopic (exact) mass is 344 g/mol. The van der Waals surface area contributed by atoms with Gasteiger partial charge in [-0.3, -0.25) is 9.69 Å².